The number of unbranched alkanes of at least 4 members (excludes halogenated alkanes) is 18. The predicted molar refractivity (Wildman–Crippen MR) is 446 cm³/mol. The lowest BCUT2D eigenvalue weighted by molar-refractivity contribution is 0.222. The van der Waals surface area contributed by atoms with Crippen molar-refractivity contribution in [3.05, 3.63) is 127 Å². The molecule has 3 aromatic carbocycles. The molecule has 6 aromatic heterocycles. The minimum absolute atomic E-state index is 0.0910. The molecule has 0 saturated heterocycles. The van der Waals surface area contributed by atoms with Gasteiger partial charge in [0, 0.05) is 74.7 Å². The normalized spacial score (nSPS) is 13.1. The van der Waals surface area contributed by atoms with Gasteiger partial charge in [-0.25, -0.2) is 0 Å². The number of rotatable bonds is 52. The van der Waals surface area contributed by atoms with E-state index in [-0.39, 0.29) is 11.1 Å². The number of fused-ring (bicyclic) bond motifs is 6. The van der Waals surface area contributed by atoms with Gasteiger partial charge in [0.1, 0.15) is 23.0 Å². The molecule has 4 unspecified atom stereocenters. The van der Waals surface area contributed by atoms with E-state index in [1.165, 1.54) is 159 Å². The van der Waals surface area contributed by atoms with Crippen molar-refractivity contribution in [2.45, 2.75) is 301 Å². The van der Waals surface area contributed by atoms with Crippen molar-refractivity contribution >= 4 is 87.3 Å². The third-order valence-electron chi connectivity index (χ3n) is 21.7. The summed E-state index contributed by atoms with van der Waals surface area (Å²) in [7, 11) is 0. The van der Waals surface area contributed by atoms with Crippen LogP contribution in [0.2, 0.25) is 0 Å². The van der Waals surface area contributed by atoms with Gasteiger partial charge < -0.3 is 28.1 Å². The highest BCUT2D eigenvalue weighted by Gasteiger charge is 2.22. The van der Waals surface area contributed by atoms with Crippen LogP contribution in [-0.4, -0.2) is 35.6 Å². The molecule has 0 aliphatic heterocycles. The van der Waals surface area contributed by atoms with Crippen LogP contribution in [0.15, 0.2) is 94.5 Å². The van der Waals surface area contributed by atoms with Crippen LogP contribution >= 0.6 is 45.3 Å². The Hall–Kier alpha value is -5.40. The Morgan fingerprint density at radius 1 is 0.324 bits per heavy atom. The maximum Gasteiger partial charge on any atom is 0.259 e. The second kappa shape index (κ2) is 43.3. The number of benzene rings is 3. The first-order chi connectivity index (χ1) is 49.9. The van der Waals surface area contributed by atoms with Crippen molar-refractivity contribution in [3.8, 4) is 42.5 Å². The Balaban J connectivity index is 0.831. The van der Waals surface area contributed by atoms with Crippen LogP contribution in [0, 0.1) is 37.5 Å². The van der Waals surface area contributed by atoms with Crippen LogP contribution in [-0.2, 0) is 25.9 Å². The van der Waals surface area contributed by atoms with E-state index in [2.05, 4.69) is 163 Å². The summed E-state index contributed by atoms with van der Waals surface area (Å²) in [6.07, 6.45) is 39.9. The molecule has 0 fully saturated rings. The van der Waals surface area contributed by atoms with Gasteiger partial charge in [-0.1, -0.05) is 209 Å². The van der Waals surface area contributed by atoms with Crippen LogP contribution < -0.4 is 30.1 Å². The number of aryl methyl sites for hydroxylation is 6. The van der Waals surface area contributed by atoms with Gasteiger partial charge in [0.25, 0.3) is 11.1 Å². The number of nitrogens with zero attached hydrogens (tertiary/aromatic N) is 2. The molecule has 8 nitrogen and oxygen atoms in total. The SMILES string of the molecule is CCCCC(CC)COc1cc(CCCCCCCCCCn2c(=O)c3cc(C)sc3c3cc4c(cc32)c2sc(-c3ccc(-c5ccc(C)s5)s3)cc2c(=O)n4CCCCCCCCCCc2cc(OCC(CC)CCCC)cc(OCC(CC)CCCC)c2)cc(OCC(CC)CCCC)c1. The molecule has 0 aliphatic carbocycles. The average Bonchev–Trinajstić information content (AvgIpc) is 1.47. The molecule has 0 spiro atoms. The van der Waals surface area contributed by atoms with Gasteiger partial charge in [-0.05, 0) is 186 Å². The fourth-order valence-electron chi connectivity index (χ4n) is 14.9. The second-order valence-corrected chi connectivity index (χ2v) is 34.7. The summed E-state index contributed by atoms with van der Waals surface area (Å²) in [5.41, 5.74) is 4.80. The number of hydrogen-bond acceptors (Lipinski definition) is 10. The van der Waals surface area contributed by atoms with Crippen molar-refractivity contribution in [1.29, 1.82) is 0 Å². The molecule has 0 bridgehead atoms. The van der Waals surface area contributed by atoms with Crippen molar-refractivity contribution in [2.24, 2.45) is 23.7 Å². The van der Waals surface area contributed by atoms with E-state index >= 15 is 4.79 Å². The van der Waals surface area contributed by atoms with Gasteiger partial charge in [-0.2, -0.15) is 0 Å². The zero-order valence-corrected chi connectivity index (χ0v) is 67.9. The predicted octanol–water partition coefficient (Wildman–Crippen LogP) is 27.9. The van der Waals surface area contributed by atoms with Crippen molar-refractivity contribution in [2.75, 3.05) is 26.4 Å². The average molecular weight is 1460 g/mol. The first-order valence-corrected chi connectivity index (χ1v) is 44.2. The fourth-order valence-corrected chi connectivity index (χ4v) is 19.2. The first-order valence-electron chi connectivity index (χ1n) is 40.9. The van der Waals surface area contributed by atoms with Crippen LogP contribution in [0.4, 0.5) is 0 Å². The summed E-state index contributed by atoms with van der Waals surface area (Å²) in [5, 5.41) is 3.73. The zero-order chi connectivity index (χ0) is 72.0. The highest BCUT2D eigenvalue weighted by molar-refractivity contribution is 7.29. The highest BCUT2D eigenvalue weighted by Crippen LogP contribution is 2.44. The molecule has 9 aromatic rings. The van der Waals surface area contributed by atoms with Crippen LogP contribution in [0.3, 0.4) is 0 Å². The number of thiophene rings is 4. The molecule has 0 N–H and O–H groups in total. The van der Waals surface area contributed by atoms with E-state index in [1.54, 1.807) is 22.7 Å². The quantitative estimate of drug-likeness (QED) is 0.0279. The highest BCUT2D eigenvalue weighted by atomic mass is 32.1. The summed E-state index contributed by atoms with van der Waals surface area (Å²) in [5.74, 6) is 6.18. The molecular weight excluding hydrogens is 1330 g/mol. The lowest BCUT2D eigenvalue weighted by Crippen LogP contribution is -2.22. The molecule has 0 aliphatic rings. The van der Waals surface area contributed by atoms with Crippen molar-refractivity contribution in [3.63, 3.8) is 0 Å². The third kappa shape index (κ3) is 23.8. The monoisotopic (exact) mass is 1460 g/mol. The van der Waals surface area contributed by atoms with Gasteiger partial charge in [-0.3, -0.25) is 9.59 Å². The number of pyridine rings is 2. The lowest BCUT2D eigenvalue weighted by Gasteiger charge is -2.19. The second-order valence-electron chi connectivity index (χ2n) is 30.0. The topological polar surface area (TPSA) is 80.9 Å². The Kier molecular flexibility index (Phi) is 34.2. The fraction of sp³-hybridized carbons (Fsp3) is 0.600. The smallest absolute Gasteiger partial charge is 0.259 e. The molecule has 6 heterocycles. The van der Waals surface area contributed by atoms with Crippen LogP contribution in [0.1, 0.15) is 282 Å². The number of hydrogen-bond donors (Lipinski definition) is 0. The molecule has 0 saturated carbocycles. The Morgan fingerprint density at radius 3 is 1.04 bits per heavy atom. The largest absolute Gasteiger partial charge is 0.493 e. The minimum Gasteiger partial charge on any atom is -0.493 e. The third-order valence-corrected chi connectivity index (χ3v) is 26.5. The summed E-state index contributed by atoms with van der Waals surface area (Å²) in [6.45, 7) is 27.0. The van der Waals surface area contributed by atoms with E-state index in [9.17, 15) is 4.79 Å². The summed E-state index contributed by atoms with van der Waals surface area (Å²) >= 11 is 7.08. The zero-order valence-electron chi connectivity index (χ0n) is 64.7. The van der Waals surface area contributed by atoms with Crippen LogP contribution in [0.5, 0.6) is 23.0 Å². The molecule has 102 heavy (non-hydrogen) atoms. The van der Waals surface area contributed by atoms with E-state index in [4.69, 9.17) is 18.9 Å². The number of aromatic nitrogens is 2. The standard InChI is InChI=1S/C90H128N2O6S4/c1-11-19-39-67(15-5)61-95-73-52-71(53-74(56-73)96-62-68(16-6)40-20-12-2)43-35-31-27-23-25-29-33-37-49-91-81-59-78-82(58-77(81)87-79(89(91)93)51-66(10)100-87)92(90(94)80-60-86(102-88(78)80)85-48-47-84(101-85)83-46-45-65(9)99-83)50-38-34-30-26-24-28-32-36-44-72-54-75(97-63-69(17-7)41-21-13-3)57-76(55-72)98-64-70(18-8)42-22-14-4/h45-48,51-60,67-70H,11-44,49-50,61-64H2,1-10H3. The molecule has 558 valence electrons. The van der Waals surface area contributed by atoms with Gasteiger partial charge in [0.05, 0.1) is 48.2 Å². The molecule has 9 rings (SSSR count). The van der Waals surface area contributed by atoms with E-state index in [1.807, 2.05) is 22.7 Å². The van der Waals surface area contributed by atoms with Crippen LogP contribution in [0.25, 0.3) is 61.5 Å². The number of ether oxygens (including phenoxy) is 4. The van der Waals surface area contributed by atoms with E-state index < -0.39 is 0 Å². The molecule has 12 heteroatoms. The molecular formula is C90H128N2O6S4. The van der Waals surface area contributed by atoms with Gasteiger partial charge in [0.15, 0.2) is 0 Å². The molecule has 0 amide bonds. The summed E-state index contributed by atoms with van der Waals surface area (Å²) < 4.78 is 32.3. The minimum atomic E-state index is 0.0910. The van der Waals surface area contributed by atoms with E-state index in [0.29, 0.717) is 36.8 Å². The maximum atomic E-state index is 15.2. The summed E-state index contributed by atoms with van der Waals surface area (Å²) in [6, 6.07) is 31.1. The van der Waals surface area contributed by atoms with Gasteiger partial charge in [0.2, 0.25) is 0 Å². The van der Waals surface area contributed by atoms with E-state index in [0.717, 1.165) is 191 Å². The van der Waals surface area contributed by atoms with Crippen molar-refractivity contribution in [1.82, 2.24) is 9.13 Å². The summed E-state index contributed by atoms with van der Waals surface area (Å²) in [4.78, 5) is 37.3. The Labute approximate surface area is 630 Å². The van der Waals surface area contributed by atoms with Crippen molar-refractivity contribution < 1.29 is 18.9 Å². The van der Waals surface area contributed by atoms with Gasteiger partial charge >= 0.3 is 0 Å². The lowest BCUT2D eigenvalue weighted by atomic mass is 10.0. The first kappa shape index (κ1) is 80.7. The maximum absolute atomic E-state index is 15.2. The Bertz CT molecular complexity index is 3990. The molecule has 0 radical (unpaired) electrons. The molecule has 4 atom stereocenters. The van der Waals surface area contributed by atoms with Gasteiger partial charge in [-0.15, -0.1) is 45.3 Å². The Morgan fingerprint density at radius 2 is 0.667 bits per heavy atom.